The normalized spacial score (nSPS) is 14.2. The van der Waals surface area contributed by atoms with Crippen LogP contribution in [0.1, 0.15) is 15.9 Å². The molecular weight excluding hydrogens is 212 g/mol. The van der Waals surface area contributed by atoms with Crippen LogP contribution < -0.4 is 5.32 Å². The standard InChI is InChI=1S/C14H10N2O/c17-14-10-6-13-11(5-8(10)7-15-14)9-3-1-2-4-12(9)16-13/h1-6,16H,7H2,(H,15,17). The Morgan fingerprint density at radius 1 is 1.00 bits per heavy atom. The molecule has 3 heteroatoms. The van der Waals surface area contributed by atoms with E-state index < -0.39 is 0 Å². The zero-order valence-corrected chi connectivity index (χ0v) is 9.08. The lowest BCUT2D eigenvalue weighted by Crippen LogP contribution is -2.12. The summed E-state index contributed by atoms with van der Waals surface area (Å²) in [4.78, 5) is 14.9. The molecule has 0 aliphatic carbocycles. The van der Waals surface area contributed by atoms with Crippen LogP contribution in [0.15, 0.2) is 36.4 Å². The van der Waals surface area contributed by atoms with Gasteiger partial charge in [0.05, 0.1) is 0 Å². The lowest BCUT2D eigenvalue weighted by molar-refractivity contribution is 0.0966. The predicted molar refractivity (Wildman–Crippen MR) is 67.0 cm³/mol. The number of para-hydroxylation sites is 1. The number of aromatic amines is 1. The maximum atomic E-state index is 11.6. The minimum Gasteiger partial charge on any atom is -0.354 e. The van der Waals surface area contributed by atoms with Crippen LogP contribution in [0.4, 0.5) is 0 Å². The number of carbonyl (C=O) groups is 1. The van der Waals surface area contributed by atoms with E-state index in [4.69, 9.17) is 0 Å². The summed E-state index contributed by atoms with van der Waals surface area (Å²) in [7, 11) is 0. The van der Waals surface area contributed by atoms with Crippen LogP contribution in [-0.2, 0) is 6.54 Å². The summed E-state index contributed by atoms with van der Waals surface area (Å²) in [6.45, 7) is 0.642. The van der Waals surface area contributed by atoms with Crippen molar-refractivity contribution in [3.8, 4) is 0 Å². The minimum atomic E-state index is 0.0283. The number of rotatable bonds is 0. The number of hydrogen-bond acceptors (Lipinski definition) is 1. The summed E-state index contributed by atoms with van der Waals surface area (Å²) in [6.07, 6.45) is 0. The van der Waals surface area contributed by atoms with Gasteiger partial charge in [-0.3, -0.25) is 4.79 Å². The first kappa shape index (κ1) is 8.82. The van der Waals surface area contributed by atoms with Gasteiger partial charge in [0, 0.05) is 33.9 Å². The molecule has 0 saturated carbocycles. The van der Waals surface area contributed by atoms with Crippen molar-refractivity contribution in [3.05, 3.63) is 47.5 Å². The van der Waals surface area contributed by atoms with Gasteiger partial charge < -0.3 is 10.3 Å². The van der Waals surface area contributed by atoms with Gasteiger partial charge in [-0.25, -0.2) is 0 Å². The molecule has 0 unspecified atom stereocenters. The van der Waals surface area contributed by atoms with E-state index in [1.165, 1.54) is 10.8 Å². The first-order chi connectivity index (χ1) is 8.33. The van der Waals surface area contributed by atoms with Gasteiger partial charge in [-0.2, -0.15) is 0 Å². The molecule has 0 saturated heterocycles. The Labute approximate surface area is 97.4 Å². The van der Waals surface area contributed by atoms with E-state index in [-0.39, 0.29) is 5.91 Å². The van der Waals surface area contributed by atoms with Crippen molar-refractivity contribution in [2.75, 3.05) is 0 Å². The van der Waals surface area contributed by atoms with Crippen LogP contribution in [0.3, 0.4) is 0 Å². The van der Waals surface area contributed by atoms with Crippen LogP contribution in [-0.4, -0.2) is 10.9 Å². The zero-order chi connectivity index (χ0) is 11.4. The molecule has 0 atom stereocenters. The van der Waals surface area contributed by atoms with E-state index in [9.17, 15) is 4.79 Å². The highest BCUT2D eigenvalue weighted by Gasteiger charge is 2.20. The molecule has 2 heterocycles. The molecule has 1 aromatic heterocycles. The van der Waals surface area contributed by atoms with Crippen LogP contribution >= 0.6 is 0 Å². The number of nitrogens with one attached hydrogen (secondary N) is 2. The Kier molecular flexibility index (Phi) is 1.50. The fourth-order valence-electron chi connectivity index (χ4n) is 2.57. The van der Waals surface area contributed by atoms with Crippen molar-refractivity contribution in [2.45, 2.75) is 6.54 Å². The molecule has 2 aromatic carbocycles. The van der Waals surface area contributed by atoms with Gasteiger partial charge in [0.2, 0.25) is 0 Å². The average molecular weight is 222 g/mol. The lowest BCUT2D eigenvalue weighted by Gasteiger charge is -1.96. The van der Waals surface area contributed by atoms with E-state index in [0.29, 0.717) is 6.54 Å². The molecule has 1 aliphatic rings. The molecule has 3 nitrogen and oxygen atoms in total. The Morgan fingerprint density at radius 3 is 2.82 bits per heavy atom. The summed E-state index contributed by atoms with van der Waals surface area (Å²) < 4.78 is 0. The van der Waals surface area contributed by atoms with Gasteiger partial charge in [-0.15, -0.1) is 0 Å². The van der Waals surface area contributed by atoms with Gasteiger partial charge in [-0.1, -0.05) is 18.2 Å². The van der Waals surface area contributed by atoms with Crippen LogP contribution in [0.5, 0.6) is 0 Å². The topological polar surface area (TPSA) is 44.9 Å². The van der Waals surface area contributed by atoms with Crippen molar-refractivity contribution in [2.24, 2.45) is 0 Å². The van der Waals surface area contributed by atoms with E-state index in [2.05, 4.69) is 28.5 Å². The third kappa shape index (κ3) is 1.08. The highest BCUT2D eigenvalue weighted by molar-refractivity contribution is 6.10. The highest BCUT2D eigenvalue weighted by Crippen LogP contribution is 2.29. The fraction of sp³-hybridized carbons (Fsp3) is 0.0714. The molecule has 0 fully saturated rings. The van der Waals surface area contributed by atoms with Gasteiger partial charge in [-0.05, 0) is 23.8 Å². The Balaban J connectivity index is 2.18. The molecule has 4 rings (SSSR count). The molecule has 1 aliphatic heterocycles. The highest BCUT2D eigenvalue weighted by atomic mass is 16.1. The van der Waals surface area contributed by atoms with Crippen molar-refractivity contribution in [1.29, 1.82) is 0 Å². The van der Waals surface area contributed by atoms with Gasteiger partial charge in [0.25, 0.3) is 5.91 Å². The average Bonchev–Trinajstić information content (AvgIpc) is 2.88. The number of amides is 1. The Hall–Kier alpha value is -2.29. The Morgan fingerprint density at radius 2 is 1.88 bits per heavy atom. The molecule has 0 spiro atoms. The van der Waals surface area contributed by atoms with E-state index in [1.807, 2.05) is 18.2 Å². The molecule has 3 aromatic rings. The van der Waals surface area contributed by atoms with Crippen LogP contribution in [0.25, 0.3) is 21.8 Å². The minimum absolute atomic E-state index is 0.0283. The smallest absolute Gasteiger partial charge is 0.251 e. The molecular formula is C14H10N2O. The van der Waals surface area contributed by atoms with Crippen molar-refractivity contribution in [1.82, 2.24) is 10.3 Å². The molecule has 1 amide bonds. The summed E-state index contributed by atoms with van der Waals surface area (Å²) in [5.74, 6) is 0.0283. The number of aromatic nitrogens is 1. The summed E-state index contributed by atoms with van der Waals surface area (Å²) in [5.41, 5.74) is 4.03. The second-order valence-electron chi connectivity index (χ2n) is 4.41. The monoisotopic (exact) mass is 222 g/mol. The number of hydrogen-bond donors (Lipinski definition) is 2. The summed E-state index contributed by atoms with van der Waals surface area (Å²) >= 11 is 0. The number of carbonyl (C=O) groups excluding carboxylic acids is 1. The van der Waals surface area contributed by atoms with E-state index in [0.717, 1.165) is 22.2 Å². The first-order valence-corrected chi connectivity index (χ1v) is 5.64. The Bertz CT molecular complexity index is 770. The SMILES string of the molecule is O=C1NCc2cc3c(cc21)[nH]c1ccccc13. The zero-order valence-electron chi connectivity index (χ0n) is 9.08. The van der Waals surface area contributed by atoms with Gasteiger partial charge >= 0.3 is 0 Å². The maximum Gasteiger partial charge on any atom is 0.251 e. The predicted octanol–water partition coefficient (Wildman–Crippen LogP) is 2.56. The molecule has 82 valence electrons. The van der Waals surface area contributed by atoms with Crippen molar-refractivity contribution < 1.29 is 4.79 Å². The molecule has 0 radical (unpaired) electrons. The largest absolute Gasteiger partial charge is 0.354 e. The van der Waals surface area contributed by atoms with Gasteiger partial charge in [0.1, 0.15) is 0 Å². The quantitative estimate of drug-likeness (QED) is 0.603. The van der Waals surface area contributed by atoms with Gasteiger partial charge in [0.15, 0.2) is 0 Å². The number of H-pyrrole nitrogens is 1. The van der Waals surface area contributed by atoms with E-state index in [1.54, 1.807) is 0 Å². The summed E-state index contributed by atoms with van der Waals surface area (Å²) in [6, 6.07) is 12.3. The molecule has 0 bridgehead atoms. The fourth-order valence-corrected chi connectivity index (χ4v) is 2.57. The second-order valence-corrected chi connectivity index (χ2v) is 4.41. The molecule has 17 heavy (non-hydrogen) atoms. The number of fused-ring (bicyclic) bond motifs is 4. The third-order valence-corrected chi connectivity index (χ3v) is 3.41. The van der Waals surface area contributed by atoms with Crippen molar-refractivity contribution >= 4 is 27.7 Å². The lowest BCUT2D eigenvalue weighted by atomic mass is 10.1. The summed E-state index contributed by atoms with van der Waals surface area (Å²) in [5, 5.41) is 5.25. The van der Waals surface area contributed by atoms with E-state index >= 15 is 0 Å². The number of benzene rings is 2. The second kappa shape index (κ2) is 2.88. The first-order valence-electron chi connectivity index (χ1n) is 5.64. The third-order valence-electron chi connectivity index (χ3n) is 3.41. The maximum absolute atomic E-state index is 11.6. The van der Waals surface area contributed by atoms with Crippen molar-refractivity contribution in [3.63, 3.8) is 0 Å². The van der Waals surface area contributed by atoms with Crippen LogP contribution in [0, 0.1) is 0 Å². The molecule has 2 N–H and O–H groups in total. The van der Waals surface area contributed by atoms with Crippen LogP contribution in [0.2, 0.25) is 0 Å².